The Morgan fingerprint density at radius 3 is 2.19 bits per heavy atom. The number of aromatic nitrogens is 3. The Hall–Kier alpha value is -1.79. The number of ether oxygens (including phenoxy) is 1. The summed E-state index contributed by atoms with van der Waals surface area (Å²) in [4.78, 5) is 4.60. The maximum absolute atomic E-state index is 5.88. The van der Waals surface area contributed by atoms with Crippen LogP contribution < -0.4 is 4.43 Å². The second-order valence-electron chi connectivity index (χ2n) is 10.3. The molecule has 2 radical (unpaired) electrons. The first kappa shape index (κ1) is 30.4. The van der Waals surface area contributed by atoms with Crippen molar-refractivity contribution in [3.05, 3.63) is 36.0 Å². The molecular weight excluding hydrogens is 462 g/mol. The molecule has 0 aliphatic heterocycles. The summed E-state index contributed by atoms with van der Waals surface area (Å²) in [6.45, 7) is 11.0. The highest BCUT2D eigenvalue weighted by Crippen LogP contribution is 2.20. The van der Waals surface area contributed by atoms with E-state index in [4.69, 9.17) is 9.16 Å². The van der Waals surface area contributed by atoms with E-state index >= 15 is 0 Å². The molecule has 2 aromatic rings. The molecule has 0 aliphatic carbocycles. The van der Waals surface area contributed by atoms with Crippen molar-refractivity contribution in [3.8, 4) is 17.3 Å². The van der Waals surface area contributed by atoms with Crippen LogP contribution in [0.1, 0.15) is 104 Å². The van der Waals surface area contributed by atoms with Crippen LogP contribution in [0.3, 0.4) is 0 Å². The molecular formula is C30H49N3O2Si. The first-order valence-electron chi connectivity index (χ1n) is 14.4. The number of hydrogen-bond acceptors (Lipinski definition) is 5. The highest BCUT2D eigenvalue weighted by atomic mass is 28.2. The molecule has 2 heterocycles. The summed E-state index contributed by atoms with van der Waals surface area (Å²) in [5.41, 5.74) is 2.88. The van der Waals surface area contributed by atoms with Crippen LogP contribution in [0.4, 0.5) is 0 Å². The van der Waals surface area contributed by atoms with Gasteiger partial charge in [0.2, 0.25) is 5.88 Å². The number of pyridine rings is 1. The molecule has 0 saturated heterocycles. The van der Waals surface area contributed by atoms with Crippen molar-refractivity contribution in [3.63, 3.8) is 0 Å². The Bertz CT molecular complexity index is 786. The third-order valence-corrected chi connectivity index (χ3v) is 7.90. The Morgan fingerprint density at radius 2 is 1.50 bits per heavy atom. The Labute approximate surface area is 223 Å². The SMILES string of the molecule is CCCCCCOCCCCc1ccc(-c2ccc(O[Si]CC(C)CCC(C)CCCC)nn2)nc1. The summed E-state index contributed by atoms with van der Waals surface area (Å²) in [5, 5.41) is 8.60. The normalized spacial score (nSPS) is 13.0. The number of unbranched alkanes of at least 4 members (excludes halogenated alkanes) is 5. The number of nitrogens with zero attached hydrogens (tertiary/aromatic N) is 3. The molecule has 0 fully saturated rings. The molecule has 5 nitrogen and oxygen atoms in total. The zero-order valence-electron chi connectivity index (χ0n) is 23.3. The standard InChI is InChI=1S/C30H49N3O2Si/c1-5-7-9-11-21-34-22-12-10-14-27-17-18-28(31-23-27)29-19-20-30(33-32-29)35-36-24-26(4)16-15-25(3)13-8-6-2/h17-20,23,25-26H,5-16,21-22,24H2,1-4H3. The minimum atomic E-state index is 0.427. The number of rotatable bonds is 21. The van der Waals surface area contributed by atoms with Gasteiger partial charge in [-0.15, -0.1) is 10.2 Å². The lowest BCUT2D eigenvalue weighted by molar-refractivity contribution is 0.126. The molecule has 200 valence electrons. The molecule has 0 amide bonds. The van der Waals surface area contributed by atoms with Crippen LogP contribution in [0.5, 0.6) is 5.88 Å². The van der Waals surface area contributed by atoms with Gasteiger partial charge >= 0.3 is 9.76 Å². The maximum Gasteiger partial charge on any atom is 0.313 e. The van der Waals surface area contributed by atoms with Crippen molar-refractivity contribution >= 4 is 9.76 Å². The lowest BCUT2D eigenvalue weighted by Crippen LogP contribution is -2.09. The van der Waals surface area contributed by atoms with Gasteiger partial charge in [-0.3, -0.25) is 4.98 Å². The van der Waals surface area contributed by atoms with Crippen LogP contribution in [0, 0.1) is 11.8 Å². The third kappa shape index (κ3) is 13.5. The predicted molar refractivity (Wildman–Crippen MR) is 151 cm³/mol. The molecule has 6 heteroatoms. The lowest BCUT2D eigenvalue weighted by Gasteiger charge is -2.14. The first-order valence-corrected chi connectivity index (χ1v) is 15.5. The summed E-state index contributed by atoms with van der Waals surface area (Å²) < 4.78 is 11.6. The monoisotopic (exact) mass is 511 g/mol. The highest BCUT2D eigenvalue weighted by molar-refractivity contribution is 6.28. The summed E-state index contributed by atoms with van der Waals surface area (Å²) in [7, 11) is 0.427. The molecule has 0 aromatic carbocycles. The van der Waals surface area contributed by atoms with E-state index in [1.54, 1.807) is 0 Å². The van der Waals surface area contributed by atoms with Crippen LogP contribution in [0.15, 0.2) is 30.5 Å². The molecule has 0 N–H and O–H groups in total. The molecule has 0 spiro atoms. The summed E-state index contributed by atoms with van der Waals surface area (Å²) >= 11 is 0. The lowest BCUT2D eigenvalue weighted by atomic mass is 9.95. The molecule has 0 bridgehead atoms. The maximum atomic E-state index is 5.88. The van der Waals surface area contributed by atoms with Gasteiger partial charge in [0.25, 0.3) is 0 Å². The summed E-state index contributed by atoms with van der Waals surface area (Å²) in [6.07, 6.45) is 16.9. The highest BCUT2D eigenvalue weighted by Gasteiger charge is 2.10. The van der Waals surface area contributed by atoms with Crippen molar-refractivity contribution < 1.29 is 9.16 Å². The van der Waals surface area contributed by atoms with Gasteiger partial charge in [0, 0.05) is 25.5 Å². The molecule has 2 aromatic heterocycles. The average Bonchev–Trinajstić information content (AvgIpc) is 2.90. The summed E-state index contributed by atoms with van der Waals surface area (Å²) in [6, 6.07) is 9.12. The van der Waals surface area contributed by atoms with Crippen molar-refractivity contribution in [2.24, 2.45) is 11.8 Å². The Balaban J connectivity index is 1.62. The molecule has 0 saturated carbocycles. The number of aryl methyl sites for hydroxylation is 1. The quantitative estimate of drug-likeness (QED) is 0.125. The largest absolute Gasteiger partial charge is 0.527 e. The van der Waals surface area contributed by atoms with Gasteiger partial charge in [0.1, 0.15) is 5.69 Å². The van der Waals surface area contributed by atoms with Crippen LogP contribution in [0.25, 0.3) is 11.4 Å². The molecule has 2 unspecified atom stereocenters. The van der Waals surface area contributed by atoms with Crippen molar-refractivity contribution in [2.75, 3.05) is 13.2 Å². The topological polar surface area (TPSA) is 57.1 Å². The van der Waals surface area contributed by atoms with Gasteiger partial charge < -0.3 is 9.16 Å². The fraction of sp³-hybridized carbons (Fsp3) is 0.700. The van der Waals surface area contributed by atoms with E-state index in [0.29, 0.717) is 21.6 Å². The van der Waals surface area contributed by atoms with E-state index in [-0.39, 0.29) is 0 Å². The van der Waals surface area contributed by atoms with Gasteiger partial charge in [0.05, 0.1) is 5.69 Å². The van der Waals surface area contributed by atoms with Crippen molar-refractivity contribution in [1.82, 2.24) is 15.2 Å². The molecule has 36 heavy (non-hydrogen) atoms. The third-order valence-electron chi connectivity index (χ3n) is 6.68. The van der Waals surface area contributed by atoms with Crippen LogP contribution in [-0.2, 0) is 11.2 Å². The van der Waals surface area contributed by atoms with Gasteiger partial charge in [-0.1, -0.05) is 85.1 Å². The first-order chi connectivity index (χ1) is 17.6. The molecule has 0 aliphatic rings. The zero-order chi connectivity index (χ0) is 25.8. The summed E-state index contributed by atoms with van der Waals surface area (Å²) in [5.74, 6) is 2.12. The van der Waals surface area contributed by atoms with Gasteiger partial charge in [-0.25, -0.2) is 0 Å². The molecule has 2 rings (SSSR count). The fourth-order valence-corrected chi connectivity index (χ4v) is 4.96. The predicted octanol–water partition coefficient (Wildman–Crippen LogP) is 8.12. The van der Waals surface area contributed by atoms with Crippen LogP contribution in [0.2, 0.25) is 6.04 Å². The van der Waals surface area contributed by atoms with E-state index in [1.165, 1.54) is 63.4 Å². The number of hydrogen-bond donors (Lipinski definition) is 0. The minimum absolute atomic E-state index is 0.427. The van der Waals surface area contributed by atoms with E-state index in [1.807, 2.05) is 24.4 Å². The van der Waals surface area contributed by atoms with Crippen LogP contribution >= 0.6 is 0 Å². The Kier molecular flexibility index (Phi) is 16.3. The zero-order valence-corrected chi connectivity index (χ0v) is 24.3. The smallest absolute Gasteiger partial charge is 0.313 e. The van der Waals surface area contributed by atoms with E-state index < -0.39 is 0 Å². The second kappa shape index (κ2) is 19.3. The van der Waals surface area contributed by atoms with E-state index in [9.17, 15) is 0 Å². The van der Waals surface area contributed by atoms with Gasteiger partial charge in [0.15, 0.2) is 0 Å². The van der Waals surface area contributed by atoms with Gasteiger partial charge in [-0.05, 0) is 61.3 Å². The fourth-order valence-electron chi connectivity index (χ4n) is 4.13. The molecule has 2 atom stereocenters. The van der Waals surface area contributed by atoms with Gasteiger partial charge in [-0.2, -0.15) is 0 Å². The second-order valence-corrected chi connectivity index (χ2v) is 11.2. The minimum Gasteiger partial charge on any atom is -0.527 e. The Morgan fingerprint density at radius 1 is 0.750 bits per heavy atom. The van der Waals surface area contributed by atoms with E-state index in [0.717, 1.165) is 55.8 Å². The van der Waals surface area contributed by atoms with Crippen LogP contribution in [-0.4, -0.2) is 38.2 Å². The van der Waals surface area contributed by atoms with Crippen molar-refractivity contribution in [2.45, 2.75) is 111 Å². The van der Waals surface area contributed by atoms with E-state index in [2.05, 4.69) is 48.9 Å². The van der Waals surface area contributed by atoms with Crippen molar-refractivity contribution in [1.29, 1.82) is 0 Å². The average molecular weight is 512 g/mol.